The average Bonchev–Trinajstić information content (AvgIpc) is 3.39. The number of methoxy groups -OCH3 is 1. The zero-order valence-electron chi connectivity index (χ0n) is 17.0. The molecule has 3 heterocycles. The summed E-state index contributed by atoms with van der Waals surface area (Å²) >= 11 is 2.57. The first-order chi connectivity index (χ1) is 14.3. The van der Waals surface area contributed by atoms with Crippen molar-refractivity contribution in [2.24, 2.45) is 12.0 Å². The smallest absolute Gasteiger partial charge is 0.266 e. The number of sulfonamides is 1. The number of ether oxygens (including phenoxy) is 1. The maximum absolute atomic E-state index is 13.2. The van der Waals surface area contributed by atoms with E-state index in [1.165, 1.54) is 15.6 Å². The predicted octanol–water partition coefficient (Wildman–Crippen LogP) is 3.29. The molecule has 4 rings (SSSR count). The summed E-state index contributed by atoms with van der Waals surface area (Å²) in [7, 11) is -0.258. The van der Waals surface area contributed by atoms with Crippen molar-refractivity contribution in [3.8, 4) is 5.75 Å². The number of hydrogen-bond donors (Lipinski definition) is 0. The number of piperidine rings is 1. The van der Waals surface area contributed by atoms with E-state index >= 15 is 0 Å². The molecule has 1 saturated heterocycles. The van der Waals surface area contributed by atoms with Gasteiger partial charge in [0.1, 0.15) is 21.5 Å². The lowest BCUT2D eigenvalue weighted by Crippen LogP contribution is -2.47. The lowest BCUT2D eigenvalue weighted by molar-refractivity contribution is -0.122. The summed E-state index contributed by atoms with van der Waals surface area (Å²) in [4.78, 5) is 18.0. The molecule has 1 amide bonds. The van der Waals surface area contributed by atoms with Gasteiger partial charge in [-0.1, -0.05) is 29.9 Å². The number of rotatable bonds is 4. The highest BCUT2D eigenvalue weighted by Crippen LogP contribution is 2.31. The summed E-state index contributed by atoms with van der Waals surface area (Å²) in [5.74, 6) is 0.288. The molecule has 2 aromatic heterocycles. The number of aryl methyl sites for hydroxylation is 2. The first-order valence-corrected chi connectivity index (χ1v) is 12.7. The molecule has 0 bridgehead atoms. The fraction of sp³-hybridized carbons (Fsp3) is 0.400. The molecule has 160 valence electrons. The Morgan fingerprint density at radius 2 is 2.07 bits per heavy atom. The van der Waals surface area contributed by atoms with E-state index in [1.807, 2.05) is 30.7 Å². The fourth-order valence-electron chi connectivity index (χ4n) is 3.75. The normalized spacial score (nSPS) is 18.8. The van der Waals surface area contributed by atoms with Crippen molar-refractivity contribution < 1.29 is 17.9 Å². The topological polar surface area (TPSA) is 81.0 Å². The highest BCUT2D eigenvalue weighted by Gasteiger charge is 2.38. The van der Waals surface area contributed by atoms with Gasteiger partial charge < -0.3 is 9.30 Å². The summed E-state index contributed by atoms with van der Waals surface area (Å²) in [6.45, 7) is 2.33. The van der Waals surface area contributed by atoms with Gasteiger partial charge in [0.2, 0.25) is 0 Å². The Labute approximate surface area is 183 Å². The van der Waals surface area contributed by atoms with Crippen molar-refractivity contribution in [3.63, 3.8) is 0 Å². The molecule has 30 heavy (non-hydrogen) atoms. The van der Waals surface area contributed by atoms with E-state index in [4.69, 9.17) is 4.74 Å². The number of thiophene rings is 1. The molecule has 0 N–H and O–H groups in total. The molecule has 1 unspecified atom stereocenters. The summed E-state index contributed by atoms with van der Waals surface area (Å²) in [6, 6.07) is 6.37. The highest BCUT2D eigenvalue weighted by molar-refractivity contribution is 7.91. The van der Waals surface area contributed by atoms with Crippen LogP contribution in [0.5, 0.6) is 5.75 Å². The van der Waals surface area contributed by atoms with Crippen LogP contribution in [0.2, 0.25) is 0 Å². The summed E-state index contributed by atoms with van der Waals surface area (Å²) in [5, 5.41) is 1.73. The van der Waals surface area contributed by atoms with E-state index < -0.39 is 22.0 Å². The number of thiazole rings is 1. The van der Waals surface area contributed by atoms with Gasteiger partial charge >= 0.3 is 0 Å². The van der Waals surface area contributed by atoms with Crippen LogP contribution in [0.4, 0.5) is 0 Å². The van der Waals surface area contributed by atoms with Gasteiger partial charge in [0.25, 0.3) is 15.9 Å². The molecule has 10 heteroatoms. The molecule has 1 fully saturated rings. The first-order valence-electron chi connectivity index (χ1n) is 9.61. The standard InChI is InChI=1S/C20H23N3O4S3/c1-13-9-10-15(27-3)17-18(13)29-20(22(17)2)21-19(24)14-7-4-5-11-23(14)30(25,26)16-8-6-12-28-16/h6,8-10,12,14H,4-5,7,11H2,1-3H3. The maximum Gasteiger partial charge on any atom is 0.266 e. The third-order valence-corrected chi connectivity index (χ3v) is 9.88. The van der Waals surface area contributed by atoms with Crippen LogP contribution in [0.15, 0.2) is 38.8 Å². The summed E-state index contributed by atoms with van der Waals surface area (Å²) < 4.78 is 36.0. The Balaban J connectivity index is 1.76. The van der Waals surface area contributed by atoms with Crippen LogP contribution in [0.1, 0.15) is 24.8 Å². The van der Waals surface area contributed by atoms with Gasteiger partial charge in [0, 0.05) is 13.6 Å². The number of benzene rings is 1. The van der Waals surface area contributed by atoms with Gasteiger partial charge in [0.15, 0.2) is 4.80 Å². The molecular formula is C20H23N3O4S3. The minimum absolute atomic E-state index is 0.259. The van der Waals surface area contributed by atoms with E-state index in [-0.39, 0.29) is 4.21 Å². The summed E-state index contributed by atoms with van der Waals surface area (Å²) in [5.41, 5.74) is 1.95. The molecule has 7 nitrogen and oxygen atoms in total. The van der Waals surface area contributed by atoms with Crippen LogP contribution >= 0.6 is 22.7 Å². The molecule has 0 radical (unpaired) electrons. The van der Waals surface area contributed by atoms with Crippen LogP contribution in [-0.2, 0) is 21.9 Å². The Morgan fingerprint density at radius 3 is 2.77 bits per heavy atom. The Kier molecular flexibility index (Phi) is 5.84. The highest BCUT2D eigenvalue weighted by atomic mass is 32.2. The number of amides is 1. The molecule has 0 saturated carbocycles. The molecule has 0 aliphatic carbocycles. The fourth-order valence-corrected chi connectivity index (χ4v) is 7.63. The zero-order valence-corrected chi connectivity index (χ0v) is 19.4. The second-order valence-corrected chi connectivity index (χ2v) is 11.3. The van der Waals surface area contributed by atoms with Crippen molar-refractivity contribution in [2.75, 3.05) is 13.7 Å². The Bertz CT molecular complexity index is 1260. The van der Waals surface area contributed by atoms with Crippen LogP contribution in [-0.4, -0.2) is 42.9 Å². The van der Waals surface area contributed by atoms with E-state index in [0.29, 0.717) is 23.5 Å². The van der Waals surface area contributed by atoms with Crippen molar-refractivity contribution in [1.82, 2.24) is 8.87 Å². The molecule has 1 aliphatic heterocycles. The van der Waals surface area contributed by atoms with Crippen molar-refractivity contribution in [2.45, 2.75) is 36.4 Å². The second-order valence-electron chi connectivity index (χ2n) is 7.22. The van der Waals surface area contributed by atoms with Crippen LogP contribution in [0.3, 0.4) is 0 Å². The number of carbonyl (C=O) groups excluding carboxylic acids is 1. The van der Waals surface area contributed by atoms with Crippen LogP contribution < -0.4 is 9.54 Å². The molecular weight excluding hydrogens is 442 g/mol. The monoisotopic (exact) mass is 465 g/mol. The van der Waals surface area contributed by atoms with Crippen molar-refractivity contribution >= 4 is 48.8 Å². The molecule has 3 aromatic rings. The minimum Gasteiger partial charge on any atom is -0.495 e. The number of carbonyl (C=O) groups is 1. The van der Waals surface area contributed by atoms with Gasteiger partial charge in [-0.15, -0.1) is 11.3 Å². The van der Waals surface area contributed by atoms with E-state index in [9.17, 15) is 13.2 Å². The SMILES string of the molecule is COc1ccc(C)c2sc(=NC(=O)C3CCCCN3S(=O)(=O)c3cccs3)n(C)c12. The van der Waals surface area contributed by atoms with E-state index in [2.05, 4.69) is 4.99 Å². The van der Waals surface area contributed by atoms with Gasteiger partial charge in [0.05, 0.1) is 11.8 Å². The lowest BCUT2D eigenvalue weighted by atomic mass is 10.0. The van der Waals surface area contributed by atoms with Gasteiger partial charge in [-0.2, -0.15) is 9.30 Å². The Morgan fingerprint density at radius 1 is 1.27 bits per heavy atom. The van der Waals surface area contributed by atoms with Crippen molar-refractivity contribution in [1.29, 1.82) is 0 Å². The molecule has 1 atom stereocenters. The summed E-state index contributed by atoms with van der Waals surface area (Å²) in [6.07, 6.45) is 2.01. The van der Waals surface area contributed by atoms with E-state index in [0.717, 1.165) is 40.0 Å². The number of aromatic nitrogens is 1. The van der Waals surface area contributed by atoms with Crippen LogP contribution in [0.25, 0.3) is 10.2 Å². The Hall–Kier alpha value is -2.01. The number of fused-ring (bicyclic) bond motifs is 1. The van der Waals surface area contributed by atoms with Gasteiger partial charge in [-0.3, -0.25) is 4.79 Å². The number of nitrogens with zero attached hydrogens (tertiary/aromatic N) is 3. The zero-order chi connectivity index (χ0) is 21.5. The predicted molar refractivity (Wildman–Crippen MR) is 119 cm³/mol. The largest absolute Gasteiger partial charge is 0.495 e. The minimum atomic E-state index is -3.71. The lowest BCUT2D eigenvalue weighted by Gasteiger charge is -2.31. The molecule has 1 aromatic carbocycles. The van der Waals surface area contributed by atoms with Crippen molar-refractivity contribution in [3.05, 3.63) is 40.0 Å². The number of hydrogen-bond acceptors (Lipinski definition) is 6. The average molecular weight is 466 g/mol. The molecule has 0 spiro atoms. The third-order valence-electron chi connectivity index (χ3n) is 5.33. The molecule has 1 aliphatic rings. The quantitative estimate of drug-likeness (QED) is 0.592. The van der Waals surface area contributed by atoms with Gasteiger partial charge in [-0.05, 0) is 42.8 Å². The van der Waals surface area contributed by atoms with E-state index in [1.54, 1.807) is 24.6 Å². The maximum atomic E-state index is 13.2. The third kappa shape index (κ3) is 3.62. The first kappa shape index (κ1) is 21.2. The second kappa shape index (κ2) is 8.26. The van der Waals surface area contributed by atoms with Gasteiger partial charge in [-0.25, -0.2) is 8.42 Å². The van der Waals surface area contributed by atoms with Crippen LogP contribution in [0, 0.1) is 6.92 Å².